The maximum Gasteiger partial charge on any atom is 0.256 e. The fraction of sp³-hybridized carbons (Fsp3) is 0. The molecule has 1 aromatic heterocycles. The molecule has 1 heterocycles. The first kappa shape index (κ1) is 14.0. The Morgan fingerprint density at radius 3 is 2.81 bits per heavy atom. The summed E-state index contributed by atoms with van der Waals surface area (Å²) in [5.74, 6) is -0.184. The number of nitrogens with one attached hydrogen (secondary N) is 1. The standard InChI is InChI=1S/C16H10BrClN2O/c17-13-9-10(18)6-7-15(13)20-16(21)12-3-1-5-14-11(12)4-2-8-19-14/h1-9H,(H,20,21). The van der Waals surface area contributed by atoms with E-state index in [1.54, 1.807) is 30.5 Å². The van der Waals surface area contributed by atoms with E-state index in [9.17, 15) is 4.79 Å². The number of aromatic nitrogens is 1. The number of hydrogen-bond acceptors (Lipinski definition) is 2. The fourth-order valence-corrected chi connectivity index (χ4v) is 2.86. The summed E-state index contributed by atoms with van der Waals surface area (Å²) in [6.45, 7) is 0. The highest BCUT2D eigenvalue weighted by molar-refractivity contribution is 9.10. The number of halogens is 2. The van der Waals surface area contributed by atoms with Gasteiger partial charge in [-0.05, 0) is 52.3 Å². The summed E-state index contributed by atoms with van der Waals surface area (Å²) >= 11 is 9.28. The van der Waals surface area contributed by atoms with Crippen molar-refractivity contribution in [3.8, 4) is 0 Å². The third-order valence-electron chi connectivity index (χ3n) is 3.07. The lowest BCUT2D eigenvalue weighted by Crippen LogP contribution is -2.12. The summed E-state index contributed by atoms with van der Waals surface area (Å²) in [5.41, 5.74) is 2.05. The molecule has 21 heavy (non-hydrogen) atoms. The van der Waals surface area contributed by atoms with Crippen LogP contribution in [0.4, 0.5) is 5.69 Å². The number of rotatable bonds is 2. The molecule has 3 rings (SSSR count). The van der Waals surface area contributed by atoms with Gasteiger partial charge in [0.15, 0.2) is 0 Å². The molecule has 0 unspecified atom stereocenters. The normalized spacial score (nSPS) is 10.6. The number of amides is 1. The number of anilines is 1. The van der Waals surface area contributed by atoms with E-state index in [-0.39, 0.29) is 5.91 Å². The van der Waals surface area contributed by atoms with Gasteiger partial charge in [-0.1, -0.05) is 23.7 Å². The van der Waals surface area contributed by atoms with Crippen LogP contribution in [0, 0.1) is 0 Å². The number of hydrogen-bond donors (Lipinski definition) is 1. The van der Waals surface area contributed by atoms with Gasteiger partial charge in [0.2, 0.25) is 0 Å². The van der Waals surface area contributed by atoms with E-state index < -0.39 is 0 Å². The lowest BCUT2D eigenvalue weighted by Gasteiger charge is -2.09. The van der Waals surface area contributed by atoms with Gasteiger partial charge in [0.05, 0.1) is 11.2 Å². The van der Waals surface area contributed by atoms with Crippen molar-refractivity contribution in [3.05, 3.63) is 69.8 Å². The van der Waals surface area contributed by atoms with E-state index in [0.29, 0.717) is 16.3 Å². The number of benzene rings is 2. The molecule has 0 atom stereocenters. The second-order valence-electron chi connectivity index (χ2n) is 4.45. The second-order valence-corrected chi connectivity index (χ2v) is 5.74. The van der Waals surface area contributed by atoms with Crippen LogP contribution < -0.4 is 5.32 Å². The molecule has 0 saturated heterocycles. The number of nitrogens with zero attached hydrogens (tertiary/aromatic N) is 1. The van der Waals surface area contributed by atoms with Gasteiger partial charge < -0.3 is 5.32 Å². The average molecular weight is 362 g/mol. The Hall–Kier alpha value is -1.91. The average Bonchev–Trinajstić information content (AvgIpc) is 2.49. The minimum Gasteiger partial charge on any atom is -0.321 e. The van der Waals surface area contributed by atoms with Crippen molar-refractivity contribution < 1.29 is 4.79 Å². The zero-order valence-electron chi connectivity index (χ0n) is 10.8. The molecule has 0 saturated carbocycles. The Morgan fingerprint density at radius 1 is 1.14 bits per heavy atom. The topological polar surface area (TPSA) is 42.0 Å². The van der Waals surface area contributed by atoms with Gasteiger partial charge in [-0.15, -0.1) is 0 Å². The van der Waals surface area contributed by atoms with Crippen LogP contribution in [-0.4, -0.2) is 10.9 Å². The highest BCUT2D eigenvalue weighted by Crippen LogP contribution is 2.27. The highest BCUT2D eigenvalue weighted by Gasteiger charge is 2.12. The number of fused-ring (bicyclic) bond motifs is 1. The van der Waals surface area contributed by atoms with E-state index in [0.717, 1.165) is 15.4 Å². The van der Waals surface area contributed by atoms with Gasteiger partial charge in [0, 0.05) is 26.6 Å². The molecule has 104 valence electrons. The minimum absolute atomic E-state index is 0.184. The molecule has 0 radical (unpaired) electrons. The van der Waals surface area contributed by atoms with Crippen LogP contribution in [0.1, 0.15) is 10.4 Å². The van der Waals surface area contributed by atoms with Gasteiger partial charge in [-0.3, -0.25) is 9.78 Å². The molecule has 0 fully saturated rings. The van der Waals surface area contributed by atoms with Gasteiger partial charge in [-0.25, -0.2) is 0 Å². The molecule has 2 aromatic carbocycles. The summed E-state index contributed by atoms with van der Waals surface area (Å²) in [5, 5.41) is 4.30. The molecule has 0 aliphatic rings. The quantitative estimate of drug-likeness (QED) is 0.705. The van der Waals surface area contributed by atoms with Crippen LogP contribution in [0.15, 0.2) is 59.2 Å². The molecule has 3 aromatic rings. The fourth-order valence-electron chi connectivity index (χ4n) is 2.08. The lowest BCUT2D eigenvalue weighted by atomic mass is 10.1. The first-order chi connectivity index (χ1) is 10.1. The highest BCUT2D eigenvalue weighted by atomic mass is 79.9. The van der Waals surface area contributed by atoms with Crippen molar-refractivity contribution in [2.75, 3.05) is 5.32 Å². The van der Waals surface area contributed by atoms with Crippen molar-refractivity contribution in [2.45, 2.75) is 0 Å². The number of carbonyl (C=O) groups is 1. The summed E-state index contributed by atoms with van der Waals surface area (Å²) in [6.07, 6.45) is 1.71. The predicted molar refractivity (Wildman–Crippen MR) is 88.8 cm³/mol. The number of pyridine rings is 1. The van der Waals surface area contributed by atoms with Gasteiger partial charge in [-0.2, -0.15) is 0 Å². The molecule has 0 bridgehead atoms. The molecule has 1 amide bonds. The van der Waals surface area contributed by atoms with Crippen LogP contribution in [0.25, 0.3) is 10.9 Å². The van der Waals surface area contributed by atoms with Gasteiger partial charge in [0.1, 0.15) is 0 Å². The molecule has 0 aliphatic carbocycles. The Bertz CT molecular complexity index is 830. The summed E-state index contributed by atoms with van der Waals surface area (Å²) in [6, 6.07) is 14.4. The molecule has 1 N–H and O–H groups in total. The van der Waals surface area contributed by atoms with Crippen molar-refractivity contribution >= 4 is 50.0 Å². The zero-order valence-corrected chi connectivity index (χ0v) is 13.1. The predicted octanol–water partition coefficient (Wildman–Crippen LogP) is 4.90. The molecule has 0 spiro atoms. The largest absolute Gasteiger partial charge is 0.321 e. The van der Waals surface area contributed by atoms with Gasteiger partial charge in [0.25, 0.3) is 5.91 Å². The molecule has 0 aliphatic heterocycles. The Labute approximate surface area is 135 Å². The smallest absolute Gasteiger partial charge is 0.256 e. The Balaban J connectivity index is 1.97. The molecular weight excluding hydrogens is 352 g/mol. The zero-order chi connectivity index (χ0) is 14.8. The van der Waals surface area contributed by atoms with Crippen molar-refractivity contribution in [3.63, 3.8) is 0 Å². The van der Waals surface area contributed by atoms with Crippen molar-refractivity contribution in [2.24, 2.45) is 0 Å². The van der Waals surface area contributed by atoms with Crippen LogP contribution in [-0.2, 0) is 0 Å². The van der Waals surface area contributed by atoms with Crippen molar-refractivity contribution in [1.82, 2.24) is 4.98 Å². The maximum absolute atomic E-state index is 12.5. The van der Waals surface area contributed by atoms with Crippen LogP contribution in [0.5, 0.6) is 0 Å². The first-order valence-corrected chi connectivity index (χ1v) is 7.42. The second kappa shape index (κ2) is 5.84. The SMILES string of the molecule is O=C(Nc1ccc(Cl)cc1Br)c1cccc2ncccc12. The van der Waals surface area contributed by atoms with Gasteiger partial charge >= 0.3 is 0 Å². The first-order valence-electron chi connectivity index (χ1n) is 6.25. The third-order valence-corrected chi connectivity index (χ3v) is 3.96. The molecule has 5 heteroatoms. The van der Waals surface area contributed by atoms with Crippen LogP contribution >= 0.6 is 27.5 Å². The van der Waals surface area contributed by atoms with Crippen LogP contribution in [0.3, 0.4) is 0 Å². The summed E-state index contributed by atoms with van der Waals surface area (Å²) < 4.78 is 0.738. The van der Waals surface area contributed by atoms with E-state index in [1.807, 2.05) is 24.3 Å². The van der Waals surface area contributed by atoms with Crippen LogP contribution in [0.2, 0.25) is 5.02 Å². The van der Waals surface area contributed by atoms with Crippen molar-refractivity contribution in [1.29, 1.82) is 0 Å². The third kappa shape index (κ3) is 2.91. The summed E-state index contributed by atoms with van der Waals surface area (Å²) in [7, 11) is 0. The lowest BCUT2D eigenvalue weighted by molar-refractivity contribution is 0.102. The Morgan fingerprint density at radius 2 is 2.00 bits per heavy atom. The maximum atomic E-state index is 12.5. The summed E-state index contributed by atoms with van der Waals surface area (Å²) in [4.78, 5) is 16.7. The monoisotopic (exact) mass is 360 g/mol. The molecular formula is C16H10BrClN2O. The van der Waals surface area contributed by atoms with E-state index >= 15 is 0 Å². The molecule has 3 nitrogen and oxygen atoms in total. The Kier molecular flexibility index (Phi) is 3.90. The van der Waals surface area contributed by atoms with E-state index in [4.69, 9.17) is 11.6 Å². The minimum atomic E-state index is -0.184. The van der Waals surface area contributed by atoms with E-state index in [2.05, 4.69) is 26.2 Å². The van der Waals surface area contributed by atoms with E-state index in [1.165, 1.54) is 0 Å². The number of carbonyl (C=O) groups excluding carboxylic acids is 1.